The summed E-state index contributed by atoms with van der Waals surface area (Å²) in [5.74, 6) is 0.111. The average molecular weight is 614 g/mol. The van der Waals surface area contributed by atoms with Crippen molar-refractivity contribution in [1.29, 1.82) is 0 Å². The van der Waals surface area contributed by atoms with Crippen LogP contribution in [0.4, 0.5) is 0 Å². The Morgan fingerprint density at radius 1 is 0.674 bits per heavy atom. The zero-order valence-electron chi connectivity index (χ0n) is 32.1. The molecule has 1 aliphatic rings. The van der Waals surface area contributed by atoms with E-state index in [0.717, 1.165) is 38.5 Å². The maximum absolute atomic E-state index is 11.5. The quantitative estimate of drug-likeness (QED) is 0.196. The maximum atomic E-state index is 11.5. The Bertz CT molecular complexity index is 649. The summed E-state index contributed by atoms with van der Waals surface area (Å²) in [5, 5.41) is 0. The number of rotatable bonds is 10. The van der Waals surface area contributed by atoms with Crippen LogP contribution in [0.15, 0.2) is 0 Å². The second-order valence-corrected chi connectivity index (χ2v) is 17.6. The summed E-state index contributed by atoms with van der Waals surface area (Å²) < 4.78 is 10.4. The summed E-state index contributed by atoms with van der Waals surface area (Å²) in [6, 6.07) is -0.486. The van der Waals surface area contributed by atoms with E-state index in [1.54, 1.807) is 0 Å². The molecular formula is C38H79NO4. The van der Waals surface area contributed by atoms with Crippen molar-refractivity contribution in [3.8, 4) is 0 Å². The zero-order chi connectivity index (χ0) is 34.5. The molecule has 1 fully saturated rings. The fraction of sp³-hybridized carbons (Fsp3) is 0.947. The molecule has 0 saturated heterocycles. The molecule has 0 spiro atoms. The molecule has 1 aliphatic carbocycles. The molecule has 5 nitrogen and oxygen atoms in total. The first-order chi connectivity index (χ1) is 19.3. The summed E-state index contributed by atoms with van der Waals surface area (Å²) in [7, 11) is 0. The first-order valence-electron chi connectivity index (χ1n) is 17.4. The number of nitrogens with two attached hydrogens (primary N) is 1. The van der Waals surface area contributed by atoms with Crippen LogP contribution >= 0.6 is 0 Å². The largest absolute Gasteiger partial charge is 0.465 e. The van der Waals surface area contributed by atoms with E-state index in [1.165, 1.54) is 32.1 Å². The maximum Gasteiger partial charge on any atom is 0.323 e. The highest BCUT2D eigenvalue weighted by molar-refractivity contribution is 5.75. The van der Waals surface area contributed by atoms with Gasteiger partial charge in [0, 0.05) is 0 Å². The first-order valence-corrected chi connectivity index (χ1v) is 17.4. The van der Waals surface area contributed by atoms with Gasteiger partial charge in [0.05, 0.1) is 19.1 Å². The highest BCUT2D eigenvalue weighted by Crippen LogP contribution is 2.26. The van der Waals surface area contributed by atoms with Crippen LogP contribution in [0.3, 0.4) is 0 Å². The minimum atomic E-state index is -0.486. The van der Waals surface area contributed by atoms with Gasteiger partial charge in [-0.15, -0.1) is 0 Å². The highest BCUT2D eigenvalue weighted by atomic mass is 16.5. The van der Waals surface area contributed by atoms with E-state index in [9.17, 15) is 9.59 Å². The fourth-order valence-corrected chi connectivity index (χ4v) is 3.95. The van der Waals surface area contributed by atoms with Crippen molar-refractivity contribution in [3.63, 3.8) is 0 Å². The first kappa shape index (κ1) is 46.3. The van der Waals surface area contributed by atoms with Gasteiger partial charge >= 0.3 is 11.9 Å². The van der Waals surface area contributed by atoms with E-state index >= 15 is 0 Å². The van der Waals surface area contributed by atoms with Gasteiger partial charge in [0.2, 0.25) is 0 Å². The van der Waals surface area contributed by atoms with Crippen molar-refractivity contribution in [1.82, 2.24) is 0 Å². The van der Waals surface area contributed by atoms with Crippen molar-refractivity contribution < 1.29 is 19.1 Å². The lowest BCUT2D eigenvalue weighted by Crippen LogP contribution is -2.37. The number of hydrogen-bond acceptors (Lipinski definition) is 5. The molecule has 0 aromatic rings. The molecule has 1 saturated carbocycles. The number of carbonyl (C=O) groups excluding carboxylic acids is 2. The molecule has 1 unspecified atom stereocenters. The minimum absolute atomic E-state index is 0.0430. The van der Waals surface area contributed by atoms with Crippen LogP contribution in [-0.2, 0) is 19.1 Å². The van der Waals surface area contributed by atoms with E-state index in [1.807, 2.05) is 13.8 Å². The number of esters is 2. The van der Waals surface area contributed by atoms with E-state index in [-0.39, 0.29) is 23.8 Å². The molecule has 0 aromatic heterocycles. The average Bonchev–Trinajstić information content (AvgIpc) is 3.38. The molecule has 0 aliphatic heterocycles. The standard InChI is InChI=1S/C13H24O2.C12H25NO2.C7H16.C6H14/c1-13(2,3)9-6-10-15-12(14)11-7-4-5-8-11;1-9(2)10(13)11(14)15-8-6-7-12(3,4)5;1-5-6-7(2,3)4;1-5-6(2,3)4/h11H,4-10H2,1-3H3;9-10H,6-8,13H2,1-5H3;5-6H2,1-4H3;5H2,1-4H3. The highest BCUT2D eigenvalue weighted by Gasteiger charge is 2.24. The van der Waals surface area contributed by atoms with Crippen LogP contribution in [-0.4, -0.2) is 31.2 Å². The van der Waals surface area contributed by atoms with Crippen LogP contribution in [0, 0.1) is 33.5 Å². The molecule has 5 heteroatoms. The Hall–Kier alpha value is -1.10. The molecule has 1 rings (SSSR count). The Morgan fingerprint density at radius 2 is 1.05 bits per heavy atom. The molecule has 260 valence electrons. The van der Waals surface area contributed by atoms with Gasteiger partial charge in [-0.05, 0) is 72.5 Å². The summed E-state index contributed by atoms with van der Waals surface area (Å²) in [5.41, 5.74) is 7.39. The van der Waals surface area contributed by atoms with Gasteiger partial charge in [0.1, 0.15) is 6.04 Å². The third-order valence-corrected chi connectivity index (χ3v) is 7.37. The number of hydrogen-bond donors (Lipinski definition) is 1. The van der Waals surface area contributed by atoms with E-state index < -0.39 is 6.04 Å². The Labute approximate surface area is 270 Å². The molecule has 0 bridgehead atoms. The zero-order valence-corrected chi connectivity index (χ0v) is 32.1. The molecule has 43 heavy (non-hydrogen) atoms. The lowest BCUT2D eigenvalue weighted by molar-refractivity contribution is -0.148. The van der Waals surface area contributed by atoms with Crippen molar-refractivity contribution in [3.05, 3.63) is 0 Å². The SMILES string of the molecule is CC(C)(C)CCCOC(=O)C1CCCC1.CC(C)C(N)C(=O)OCCCC(C)(C)C.CCC(C)(C)C.CCCC(C)(C)C. The Morgan fingerprint density at radius 3 is 1.33 bits per heavy atom. The van der Waals surface area contributed by atoms with E-state index in [4.69, 9.17) is 15.2 Å². The predicted molar refractivity (Wildman–Crippen MR) is 188 cm³/mol. The molecule has 0 heterocycles. The third kappa shape index (κ3) is 37.0. The predicted octanol–water partition coefficient (Wildman–Crippen LogP) is 11.2. The third-order valence-electron chi connectivity index (χ3n) is 7.37. The fourth-order valence-electron chi connectivity index (χ4n) is 3.95. The van der Waals surface area contributed by atoms with Crippen molar-refractivity contribution in [2.24, 2.45) is 39.2 Å². The van der Waals surface area contributed by atoms with E-state index in [2.05, 4.69) is 96.9 Å². The Kier molecular flexibility index (Phi) is 25.1. The molecule has 0 aromatic carbocycles. The lowest BCUT2D eigenvalue weighted by atomic mass is 9.91. The second kappa shape index (κ2) is 23.3. The second-order valence-electron chi connectivity index (χ2n) is 17.6. The van der Waals surface area contributed by atoms with Gasteiger partial charge in [0.15, 0.2) is 0 Å². The van der Waals surface area contributed by atoms with Gasteiger partial charge in [0.25, 0.3) is 0 Å². The van der Waals surface area contributed by atoms with Crippen molar-refractivity contribution >= 4 is 11.9 Å². The number of carbonyl (C=O) groups is 2. The van der Waals surface area contributed by atoms with Crippen LogP contribution in [0.1, 0.15) is 181 Å². The van der Waals surface area contributed by atoms with Gasteiger partial charge < -0.3 is 15.2 Å². The van der Waals surface area contributed by atoms with Crippen LogP contribution in [0.2, 0.25) is 0 Å². The van der Waals surface area contributed by atoms with Crippen molar-refractivity contribution in [2.45, 2.75) is 187 Å². The Balaban J connectivity index is -0.000000535. The molecular weight excluding hydrogens is 534 g/mol. The van der Waals surface area contributed by atoms with Crippen LogP contribution in [0.5, 0.6) is 0 Å². The smallest absolute Gasteiger partial charge is 0.323 e. The van der Waals surface area contributed by atoms with Gasteiger partial charge in [-0.1, -0.05) is 136 Å². The monoisotopic (exact) mass is 614 g/mol. The number of ether oxygens (including phenoxy) is 2. The van der Waals surface area contributed by atoms with Gasteiger partial charge in [-0.2, -0.15) is 0 Å². The van der Waals surface area contributed by atoms with Crippen molar-refractivity contribution in [2.75, 3.05) is 13.2 Å². The molecule has 0 radical (unpaired) electrons. The van der Waals surface area contributed by atoms with Crippen LogP contribution < -0.4 is 5.73 Å². The van der Waals surface area contributed by atoms with Crippen LogP contribution in [0.25, 0.3) is 0 Å². The lowest BCUT2D eigenvalue weighted by Gasteiger charge is -2.18. The topological polar surface area (TPSA) is 78.6 Å². The normalized spacial score (nSPS) is 14.8. The molecule has 0 amide bonds. The van der Waals surface area contributed by atoms with Gasteiger partial charge in [-0.3, -0.25) is 9.59 Å². The summed E-state index contributed by atoms with van der Waals surface area (Å²) in [6.45, 7) is 36.1. The minimum Gasteiger partial charge on any atom is -0.465 e. The summed E-state index contributed by atoms with van der Waals surface area (Å²) >= 11 is 0. The van der Waals surface area contributed by atoms with Gasteiger partial charge in [-0.25, -0.2) is 0 Å². The summed E-state index contributed by atoms with van der Waals surface area (Å²) in [6.07, 6.45) is 12.5. The molecule has 1 atom stereocenters. The summed E-state index contributed by atoms with van der Waals surface area (Å²) in [4.78, 5) is 22.9. The van der Waals surface area contributed by atoms with E-state index in [0.29, 0.717) is 34.9 Å². The molecule has 2 N–H and O–H groups in total.